The smallest absolute Gasteiger partial charge is 0.242 e. The van der Waals surface area contributed by atoms with Gasteiger partial charge < -0.3 is 4.57 Å². The summed E-state index contributed by atoms with van der Waals surface area (Å²) in [4.78, 5) is 4.86. The Balaban J connectivity index is 1.62. The molecule has 4 aromatic rings. The summed E-state index contributed by atoms with van der Waals surface area (Å²) in [5.74, 6) is -0.301. The van der Waals surface area contributed by atoms with Crippen molar-refractivity contribution in [3.05, 3.63) is 83.1 Å². The molecule has 0 saturated heterocycles. The van der Waals surface area contributed by atoms with E-state index >= 15 is 0 Å². The lowest BCUT2D eigenvalue weighted by Crippen LogP contribution is -2.23. The van der Waals surface area contributed by atoms with E-state index in [1.807, 2.05) is 47.3 Å². The molecule has 0 saturated carbocycles. The molecule has 0 unspecified atom stereocenters. The van der Waals surface area contributed by atoms with Crippen molar-refractivity contribution in [1.29, 1.82) is 0 Å². The lowest BCUT2D eigenvalue weighted by Gasteiger charge is -2.07. The van der Waals surface area contributed by atoms with Crippen LogP contribution in [-0.4, -0.2) is 18.0 Å². The summed E-state index contributed by atoms with van der Waals surface area (Å²) in [6.07, 6.45) is 0. The van der Waals surface area contributed by atoms with Crippen molar-refractivity contribution in [3.63, 3.8) is 0 Å². The standard InChI is InChI=1S/C22H20FN3O2S2/c1-15-21(30(27,28)24-13-16-6-4-3-5-7-16)12-20(26(15)2)22-25-19(14-29-22)17-8-10-18(23)11-9-17/h3-12,14,24H,13H2,1-2H3. The Morgan fingerprint density at radius 1 is 1.10 bits per heavy atom. The van der Waals surface area contributed by atoms with Crippen molar-refractivity contribution in [2.24, 2.45) is 7.05 Å². The molecule has 0 bridgehead atoms. The van der Waals surface area contributed by atoms with E-state index in [9.17, 15) is 12.8 Å². The van der Waals surface area contributed by atoms with Crippen molar-refractivity contribution in [2.45, 2.75) is 18.4 Å². The SMILES string of the molecule is Cc1c(S(=O)(=O)NCc2ccccc2)cc(-c2nc(-c3ccc(F)cc3)cs2)n1C. The van der Waals surface area contributed by atoms with Crippen LogP contribution in [0.5, 0.6) is 0 Å². The van der Waals surface area contributed by atoms with Gasteiger partial charge in [-0.25, -0.2) is 22.5 Å². The molecule has 0 spiro atoms. The maximum Gasteiger partial charge on any atom is 0.242 e. The number of hydrogen-bond acceptors (Lipinski definition) is 4. The van der Waals surface area contributed by atoms with Gasteiger partial charge in [-0.2, -0.15) is 0 Å². The molecule has 2 heterocycles. The monoisotopic (exact) mass is 441 g/mol. The first-order valence-corrected chi connectivity index (χ1v) is 11.6. The minimum absolute atomic E-state index is 0.221. The van der Waals surface area contributed by atoms with Crippen LogP contribution in [0.3, 0.4) is 0 Å². The summed E-state index contributed by atoms with van der Waals surface area (Å²) in [6, 6.07) is 17.2. The number of thiazole rings is 1. The van der Waals surface area contributed by atoms with Gasteiger partial charge in [0.25, 0.3) is 0 Å². The number of benzene rings is 2. The van der Waals surface area contributed by atoms with E-state index < -0.39 is 10.0 Å². The van der Waals surface area contributed by atoms with Crippen LogP contribution in [0.15, 0.2) is 70.9 Å². The third-order valence-corrected chi connectivity index (χ3v) is 7.33. The summed E-state index contributed by atoms with van der Waals surface area (Å²) in [5, 5.41) is 2.58. The van der Waals surface area contributed by atoms with Gasteiger partial charge in [-0.1, -0.05) is 30.3 Å². The predicted octanol–water partition coefficient (Wildman–Crippen LogP) is 4.74. The van der Waals surface area contributed by atoms with E-state index in [0.29, 0.717) is 16.4 Å². The molecule has 4 rings (SSSR count). The fraction of sp³-hybridized carbons (Fsp3) is 0.136. The Morgan fingerprint density at radius 3 is 2.50 bits per heavy atom. The zero-order chi connectivity index (χ0) is 21.3. The molecule has 0 radical (unpaired) electrons. The number of halogens is 1. The molecule has 8 heteroatoms. The minimum atomic E-state index is -3.68. The van der Waals surface area contributed by atoms with Gasteiger partial charge in [0.1, 0.15) is 15.7 Å². The molecule has 0 aliphatic heterocycles. The number of hydrogen-bond donors (Lipinski definition) is 1. The third-order valence-electron chi connectivity index (χ3n) is 4.95. The largest absolute Gasteiger partial charge is 0.345 e. The summed E-state index contributed by atoms with van der Waals surface area (Å²) < 4.78 is 43.5. The van der Waals surface area contributed by atoms with E-state index in [-0.39, 0.29) is 17.3 Å². The van der Waals surface area contributed by atoms with Crippen LogP contribution in [0.2, 0.25) is 0 Å². The molecular weight excluding hydrogens is 421 g/mol. The quantitative estimate of drug-likeness (QED) is 0.470. The van der Waals surface area contributed by atoms with Crippen LogP contribution in [0.4, 0.5) is 4.39 Å². The van der Waals surface area contributed by atoms with Crippen molar-refractivity contribution in [1.82, 2.24) is 14.3 Å². The van der Waals surface area contributed by atoms with Crippen molar-refractivity contribution in [3.8, 4) is 22.0 Å². The average molecular weight is 442 g/mol. The van der Waals surface area contributed by atoms with Crippen LogP contribution >= 0.6 is 11.3 Å². The number of nitrogens with zero attached hydrogens (tertiary/aromatic N) is 2. The van der Waals surface area contributed by atoms with Crippen LogP contribution < -0.4 is 4.72 Å². The number of nitrogens with one attached hydrogen (secondary N) is 1. The van der Waals surface area contributed by atoms with Gasteiger partial charge in [-0.05, 0) is 42.8 Å². The van der Waals surface area contributed by atoms with Gasteiger partial charge in [-0.3, -0.25) is 0 Å². The fourth-order valence-corrected chi connectivity index (χ4v) is 5.33. The van der Waals surface area contributed by atoms with Crippen LogP contribution in [-0.2, 0) is 23.6 Å². The molecule has 0 aliphatic carbocycles. The molecule has 0 atom stereocenters. The highest BCUT2D eigenvalue weighted by Gasteiger charge is 2.23. The second kappa shape index (κ2) is 8.14. The molecule has 2 aromatic heterocycles. The van der Waals surface area contributed by atoms with Gasteiger partial charge in [0.05, 0.1) is 11.4 Å². The fourth-order valence-electron chi connectivity index (χ4n) is 3.15. The Bertz CT molecular complexity index is 1280. The van der Waals surface area contributed by atoms with Gasteiger partial charge in [0.2, 0.25) is 10.0 Å². The average Bonchev–Trinajstić information content (AvgIpc) is 3.34. The highest BCUT2D eigenvalue weighted by molar-refractivity contribution is 7.89. The summed E-state index contributed by atoms with van der Waals surface area (Å²) >= 11 is 1.42. The van der Waals surface area contributed by atoms with E-state index in [2.05, 4.69) is 9.71 Å². The second-order valence-electron chi connectivity index (χ2n) is 6.89. The summed E-state index contributed by atoms with van der Waals surface area (Å²) in [6.45, 7) is 1.99. The highest BCUT2D eigenvalue weighted by Crippen LogP contribution is 2.32. The molecule has 1 N–H and O–H groups in total. The van der Waals surface area contributed by atoms with Crippen LogP contribution in [0, 0.1) is 12.7 Å². The Labute approximate surface area is 178 Å². The lowest BCUT2D eigenvalue weighted by atomic mass is 10.2. The van der Waals surface area contributed by atoms with Gasteiger partial charge in [0.15, 0.2) is 0 Å². The third kappa shape index (κ3) is 4.07. The number of sulfonamides is 1. The Kier molecular flexibility index (Phi) is 5.55. The molecule has 154 valence electrons. The van der Waals surface area contributed by atoms with Crippen LogP contribution in [0.25, 0.3) is 22.0 Å². The molecule has 30 heavy (non-hydrogen) atoms. The van der Waals surface area contributed by atoms with Crippen molar-refractivity contribution >= 4 is 21.4 Å². The summed E-state index contributed by atoms with van der Waals surface area (Å²) in [5.41, 5.74) is 3.76. The van der Waals surface area contributed by atoms with E-state index in [1.54, 1.807) is 25.1 Å². The minimum Gasteiger partial charge on any atom is -0.345 e. The molecular formula is C22H20FN3O2S2. The Hall–Kier alpha value is -2.81. The number of aromatic nitrogens is 2. The van der Waals surface area contributed by atoms with Crippen molar-refractivity contribution in [2.75, 3.05) is 0 Å². The first kappa shape index (κ1) is 20.5. The molecule has 0 amide bonds. The van der Waals surface area contributed by atoms with Crippen molar-refractivity contribution < 1.29 is 12.8 Å². The first-order chi connectivity index (χ1) is 14.3. The Morgan fingerprint density at radius 2 is 1.80 bits per heavy atom. The topological polar surface area (TPSA) is 64.0 Å². The maximum atomic E-state index is 13.2. The van der Waals surface area contributed by atoms with Gasteiger partial charge >= 0.3 is 0 Å². The van der Waals surface area contributed by atoms with E-state index in [1.165, 1.54) is 23.5 Å². The van der Waals surface area contributed by atoms with E-state index in [4.69, 9.17) is 0 Å². The van der Waals surface area contributed by atoms with Gasteiger partial charge in [-0.15, -0.1) is 11.3 Å². The molecule has 2 aromatic carbocycles. The molecule has 0 aliphatic rings. The van der Waals surface area contributed by atoms with E-state index in [0.717, 1.165) is 16.8 Å². The molecule has 0 fully saturated rings. The lowest BCUT2D eigenvalue weighted by molar-refractivity contribution is 0.580. The molecule has 5 nitrogen and oxygen atoms in total. The summed E-state index contributed by atoms with van der Waals surface area (Å²) in [7, 11) is -1.87. The zero-order valence-electron chi connectivity index (χ0n) is 16.5. The second-order valence-corrected chi connectivity index (χ2v) is 9.49. The predicted molar refractivity (Wildman–Crippen MR) is 117 cm³/mol. The number of rotatable bonds is 6. The highest BCUT2D eigenvalue weighted by atomic mass is 32.2. The van der Waals surface area contributed by atoms with Crippen LogP contribution in [0.1, 0.15) is 11.3 Å². The normalized spacial score (nSPS) is 11.7. The zero-order valence-corrected chi connectivity index (χ0v) is 18.1. The first-order valence-electron chi connectivity index (χ1n) is 9.27. The van der Waals surface area contributed by atoms with Gasteiger partial charge in [0, 0.05) is 30.2 Å². The maximum absolute atomic E-state index is 13.2.